The standard InChI is InChI=1S/C8H15O5P/c1-6(9)3-4-7(8(10)11)5-14(2,12)13/h7H,3-5H2,1-2H3,(H,10,11)(H,12,13). The molecule has 6 heteroatoms. The third-order valence-corrected chi connectivity index (χ3v) is 2.87. The van der Waals surface area contributed by atoms with Crippen LogP contribution in [0.4, 0.5) is 0 Å². The highest BCUT2D eigenvalue weighted by Gasteiger charge is 2.25. The number of rotatable bonds is 6. The first-order valence-electron chi connectivity index (χ1n) is 4.24. The molecule has 82 valence electrons. The minimum atomic E-state index is -3.33. The molecule has 0 aliphatic rings. The highest BCUT2D eigenvalue weighted by Crippen LogP contribution is 2.38. The number of aliphatic carboxylic acids is 1. The summed E-state index contributed by atoms with van der Waals surface area (Å²) in [5.74, 6) is -2.14. The molecule has 0 aliphatic heterocycles. The van der Waals surface area contributed by atoms with Crippen LogP contribution in [0.25, 0.3) is 0 Å². The van der Waals surface area contributed by atoms with Gasteiger partial charge in [-0.2, -0.15) is 0 Å². The van der Waals surface area contributed by atoms with Crippen LogP contribution in [-0.4, -0.2) is 34.6 Å². The van der Waals surface area contributed by atoms with Gasteiger partial charge in [0.1, 0.15) is 5.78 Å². The predicted molar refractivity (Wildman–Crippen MR) is 51.7 cm³/mol. The Labute approximate surface area is 82.6 Å². The number of carboxylic acids is 1. The Hall–Kier alpha value is -0.670. The summed E-state index contributed by atoms with van der Waals surface area (Å²) < 4.78 is 11.0. The van der Waals surface area contributed by atoms with Gasteiger partial charge in [-0.1, -0.05) is 0 Å². The average Bonchev–Trinajstić information content (AvgIpc) is 1.94. The fraction of sp³-hybridized carbons (Fsp3) is 0.750. The van der Waals surface area contributed by atoms with Crippen molar-refractivity contribution in [3.63, 3.8) is 0 Å². The van der Waals surface area contributed by atoms with E-state index in [-0.39, 0.29) is 24.8 Å². The summed E-state index contributed by atoms with van der Waals surface area (Å²) in [5.41, 5.74) is 0. The van der Waals surface area contributed by atoms with Crippen molar-refractivity contribution in [2.24, 2.45) is 5.92 Å². The molecular formula is C8H15O5P. The second-order valence-electron chi connectivity index (χ2n) is 3.51. The minimum absolute atomic E-state index is 0.111. The SMILES string of the molecule is CC(=O)CCC(CP(C)(=O)O)C(=O)O. The van der Waals surface area contributed by atoms with E-state index in [1.807, 2.05) is 0 Å². The van der Waals surface area contributed by atoms with Crippen molar-refractivity contribution in [1.29, 1.82) is 0 Å². The van der Waals surface area contributed by atoms with Gasteiger partial charge in [0.2, 0.25) is 0 Å². The first-order valence-corrected chi connectivity index (χ1v) is 6.53. The van der Waals surface area contributed by atoms with Crippen LogP contribution in [0.2, 0.25) is 0 Å². The molecule has 5 nitrogen and oxygen atoms in total. The number of carboxylic acid groups (broad SMARTS) is 1. The van der Waals surface area contributed by atoms with E-state index >= 15 is 0 Å². The fourth-order valence-electron chi connectivity index (χ4n) is 1.08. The van der Waals surface area contributed by atoms with Gasteiger partial charge in [0.25, 0.3) is 0 Å². The van der Waals surface area contributed by atoms with Gasteiger partial charge in [-0.25, -0.2) is 0 Å². The van der Waals surface area contributed by atoms with Crippen LogP contribution in [0, 0.1) is 5.92 Å². The topological polar surface area (TPSA) is 91.7 Å². The third-order valence-electron chi connectivity index (χ3n) is 1.75. The number of carbonyl (C=O) groups excluding carboxylic acids is 1. The van der Waals surface area contributed by atoms with E-state index in [1.54, 1.807) is 0 Å². The van der Waals surface area contributed by atoms with Gasteiger partial charge < -0.3 is 14.8 Å². The second kappa shape index (κ2) is 5.27. The largest absolute Gasteiger partial charge is 0.481 e. The van der Waals surface area contributed by atoms with Crippen molar-refractivity contribution < 1.29 is 24.2 Å². The Morgan fingerprint density at radius 2 is 1.93 bits per heavy atom. The van der Waals surface area contributed by atoms with Crippen LogP contribution in [0.15, 0.2) is 0 Å². The van der Waals surface area contributed by atoms with E-state index in [9.17, 15) is 14.2 Å². The van der Waals surface area contributed by atoms with Crippen LogP contribution in [0.3, 0.4) is 0 Å². The molecule has 0 aromatic heterocycles. The lowest BCUT2D eigenvalue weighted by molar-refractivity contribution is -0.141. The molecule has 0 fully saturated rings. The van der Waals surface area contributed by atoms with E-state index in [1.165, 1.54) is 6.92 Å². The van der Waals surface area contributed by atoms with Crippen LogP contribution in [0.1, 0.15) is 19.8 Å². The number of hydrogen-bond acceptors (Lipinski definition) is 3. The Balaban J connectivity index is 4.24. The van der Waals surface area contributed by atoms with Gasteiger partial charge in [0.15, 0.2) is 7.37 Å². The quantitative estimate of drug-likeness (QED) is 0.653. The molecule has 0 radical (unpaired) electrons. The summed E-state index contributed by atoms with van der Waals surface area (Å²) in [6, 6.07) is 0. The molecule has 2 atom stereocenters. The van der Waals surface area contributed by atoms with Crippen LogP contribution in [0.5, 0.6) is 0 Å². The first-order chi connectivity index (χ1) is 6.22. The molecule has 2 unspecified atom stereocenters. The monoisotopic (exact) mass is 222 g/mol. The second-order valence-corrected chi connectivity index (χ2v) is 5.98. The van der Waals surface area contributed by atoms with Crippen molar-refractivity contribution in [2.75, 3.05) is 12.8 Å². The summed E-state index contributed by atoms with van der Waals surface area (Å²) in [5, 5.41) is 8.71. The van der Waals surface area contributed by atoms with E-state index in [0.29, 0.717) is 0 Å². The molecule has 14 heavy (non-hydrogen) atoms. The maximum atomic E-state index is 11.0. The smallest absolute Gasteiger partial charge is 0.307 e. The maximum absolute atomic E-state index is 11.0. The van der Waals surface area contributed by atoms with Crippen molar-refractivity contribution in [2.45, 2.75) is 19.8 Å². The zero-order valence-corrected chi connectivity index (χ0v) is 9.16. The number of Topliss-reactive ketones (excluding diaryl/α,β-unsaturated/α-hetero) is 1. The Morgan fingerprint density at radius 1 is 1.43 bits per heavy atom. The van der Waals surface area contributed by atoms with Crippen molar-refractivity contribution >= 4 is 19.1 Å². The van der Waals surface area contributed by atoms with Gasteiger partial charge >= 0.3 is 5.97 Å². The summed E-state index contributed by atoms with van der Waals surface area (Å²) in [4.78, 5) is 30.3. The fourth-order valence-corrected chi connectivity index (χ4v) is 2.24. The molecule has 0 bridgehead atoms. The summed E-state index contributed by atoms with van der Waals surface area (Å²) >= 11 is 0. The van der Waals surface area contributed by atoms with Gasteiger partial charge in [0, 0.05) is 19.2 Å². The molecule has 0 rings (SSSR count). The lowest BCUT2D eigenvalue weighted by Gasteiger charge is -2.12. The molecule has 0 aromatic rings. The number of hydrogen-bond donors (Lipinski definition) is 2. The Morgan fingerprint density at radius 3 is 2.21 bits per heavy atom. The predicted octanol–water partition coefficient (Wildman–Crippen LogP) is 0.957. The first kappa shape index (κ1) is 13.3. The van der Waals surface area contributed by atoms with E-state index in [0.717, 1.165) is 6.66 Å². The average molecular weight is 222 g/mol. The minimum Gasteiger partial charge on any atom is -0.481 e. The maximum Gasteiger partial charge on any atom is 0.307 e. The molecule has 0 saturated heterocycles. The Kier molecular flexibility index (Phi) is 5.02. The molecule has 2 N–H and O–H groups in total. The summed E-state index contributed by atoms with van der Waals surface area (Å²) in [6.45, 7) is 2.49. The third kappa shape index (κ3) is 6.80. The molecule has 0 heterocycles. The van der Waals surface area contributed by atoms with Crippen LogP contribution < -0.4 is 0 Å². The molecule has 0 amide bonds. The highest BCUT2D eigenvalue weighted by atomic mass is 31.2. The molecule has 0 spiro atoms. The van der Waals surface area contributed by atoms with Crippen molar-refractivity contribution in [3.8, 4) is 0 Å². The normalized spacial score (nSPS) is 17.1. The lowest BCUT2D eigenvalue weighted by atomic mass is 10.0. The van der Waals surface area contributed by atoms with Crippen molar-refractivity contribution in [1.82, 2.24) is 0 Å². The van der Waals surface area contributed by atoms with Gasteiger partial charge in [-0.3, -0.25) is 9.36 Å². The zero-order valence-electron chi connectivity index (χ0n) is 8.27. The van der Waals surface area contributed by atoms with Gasteiger partial charge in [-0.05, 0) is 13.3 Å². The zero-order chi connectivity index (χ0) is 11.4. The van der Waals surface area contributed by atoms with Crippen LogP contribution >= 0.6 is 7.37 Å². The number of carbonyl (C=O) groups is 2. The lowest BCUT2D eigenvalue weighted by Crippen LogP contribution is -2.18. The molecular weight excluding hydrogens is 207 g/mol. The van der Waals surface area contributed by atoms with Gasteiger partial charge in [-0.15, -0.1) is 0 Å². The molecule has 0 aliphatic carbocycles. The van der Waals surface area contributed by atoms with Crippen LogP contribution in [-0.2, 0) is 14.2 Å². The van der Waals surface area contributed by atoms with Gasteiger partial charge in [0.05, 0.1) is 5.92 Å². The Bertz CT molecular complexity index is 267. The highest BCUT2D eigenvalue weighted by molar-refractivity contribution is 7.57. The summed E-state index contributed by atoms with van der Waals surface area (Å²) in [7, 11) is -3.33. The molecule has 0 aromatic carbocycles. The van der Waals surface area contributed by atoms with E-state index in [4.69, 9.17) is 10.00 Å². The number of ketones is 1. The summed E-state index contributed by atoms with van der Waals surface area (Å²) in [6.07, 6.45) is -0.00433. The molecule has 0 saturated carbocycles. The van der Waals surface area contributed by atoms with Crippen molar-refractivity contribution in [3.05, 3.63) is 0 Å². The van der Waals surface area contributed by atoms with E-state index < -0.39 is 19.3 Å². The van der Waals surface area contributed by atoms with E-state index in [2.05, 4.69) is 0 Å².